The highest BCUT2D eigenvalue weighted by molar-refractivity contribution is 6.30. The average molecular weight is 264 g/mol. The van der Waals surface area contributed by atoms with Crippen molar-refractivity contribution in [2.24, 2.45) is 5.92 Å². The molecule has 1 amide bonds. The number of carbonyl (C=O) groups excluding carboxylic acids is 1. The lowest BCUT2D eigenvalue weighted by Gasteiger charge is -2.08. The van der Waals surface area contributed by atoms with Gasteiger partial charge in [-0.25, -0.2) is 14.3 Å². The molecule has 0 aliphatic heterocycles. The van der Waals surface area contributed by atoms with Crippen molar-refractivity contribution in [2.75, 3.05) is 6.61 Å². The fourth-order valence-corrected chi connectivity index (χ4v) is 1.18. The highest BCUT2D eigenvalue weighted by Gasteiger charge is 2.15. The number of hydrogen-bond acceptors (Lipinski definition) is 2. The maximum atomic E-state index is 13.3. The maximum absolute atomic E-state index is 13.3. The molecule has 0 fully saturated rings. The molecule has 0 aromatic heterocycles. The van der Waals surface area contributed by atoms with Crippen LogP contribution in [-0.4, -0.2) is 12.5 Å². The molecular formula is C11H12ClF2NO2. The van der Waals surface area contributed by atoms with Crippen molar-refractivity contribution in [1.29, 1.82) is 0 Å². The van der Waals surface area contributed by atoms with Gasteiger partial charge in [-0.05, 0) is 18.1 Å². The number of hydroxylamine groups is 1. The zero-order chi connectivity index (χ0) is 13.0. The molecule has 0 unspecified atom stereocenters. The van der Waals surface area contributed by atoms with Crippen LogP contribution in [0.1, 0.15) is 24.2 Å². The van der Waals surface area contributed by atoms with E-state index in [1.165, 1.54) is 0 Å². The molecule has 1 aromatic carbocycles. The number of nitrogens with one attached hydrogen (secondary N) is 1. The van der Waals surface area contributed by atoms with Gasteiger partial charge in [-0.2, -0.15) is 0 Å². The van der Waals surface area contributed by atoms with Crippen LogP contribution in [0.2, 0.25) is 5.02 Å². The molecule has 94 valence electrons. The van der Waals surface area contributed by atoms with Gasteiger partial charge in [0.25, 0.3) is 5.91 Å². The first kappa shape index (κ1) is 13.9. The van der Waals surface area contributed by atoms with Crippen molar-refractivity contribution in [3.05, 3.63) is 34.4 Å². The van der Waals surface area contributed by atoms with Crippen molar-refractivity contribution >= 4 is 17.5 Å². The van der Waals surface area contributed by atoms with E-state index in [1.54, 1.807) is 0 Å². The third-order valence-corrected chi connectivity index (χ3v) is 2.13. The zero-order valence-electron chi connectivity index (χ0n) is 9.39. The minimum Gasteiger partial charge on any atom is -0.273 e. The molecule has 1 rings (SSSR count). The first-order valence-corrected chi connectivity index (χ1v) is 5.36. The minimum absolute atomic E-state index is 0.210. The summed E-state index contributed by atoms with van der Waals surface area (Å²) in [6, 6.07) is 1.47. The van der Waals surface area contributed by atoms with Gasteiger partial charge in [-0.1, -0.05) is 25.4 Å². The van der Waals surface area contributed by atoms with Crippen molar-refractivity contribution < 1.29 is 18.4 Å². The quantitative estimate of drug-likeness (QED) is 0.670. The standard InChI is InChI=1S/C11H12ClF2NO2/c1-6(2)5-17-15-11(16)7-3-10(14)8(12)4-9(7)13/h3-4,6H,5H2,1-2H3,(H,15,16). The normalized spacial score (nSPS) is 10.7. The van der Waals surface area contributed by atoms with Gasteiger partial charge in [0.05, 0.1) is 17.2 Å². The molecule has 17 heavy (non-hydrogen) atoms. The second-order valence-corrected chi connectivity index (χ2v) is 4.29. The summed E-state index contributed by atoms with van der Waals surface area (Å²) < 4.78 is 26.3. The Morgan fingerprint density at radius 2 is 2.06 bits per heavy atom. The Morgan fingerprint density at radius 1 is 1.41 bits per heavy atom. The zero-order valence-corrected chi connectivity index (χ0v) is 10.1. The second kappa shape index (κ2) is 5.93. The van der Waals surface area contributed by atoms with Crippen LogP contribution in [0.5, 0.6) is 0 Å². The van der Waals surface area contributed by atoms with Crippen LogP contribution in [0.15, 0.2) is 12.1 Å². The van der Waals surface area contributed by atoms with Gasteiger partial charge in [0.1, 0.15) is 11.6 Å². The van der Waals surface area contributed by atoms with E-state index >= 15 is 0 Å². The summed E-state index contributed by atoms with van der Waals surface area (Å²) >= 11 is 5.36. The Hall–Kier alpha value is -1.20. The summed E-state index contributed by atoms with van der Waals surface area (Å²) in [5, 5.41) is -0.373. The van der Waals surface area contributed by atoms with Crippen LogP contribution in [0.25, 0.3) is 0 Å². The number of halogens is 3. The van der Waals surface area contributed by atoms with Crippen LogP contribution in [0.3, 0.4) is 0 Å². The third-order valence-electron chi connectivity index (χ3n) is 1.84. The number of amides is 1. The molecule has 0 aliphatic rings. The van der Waals surface area contributed by atoms with Crippen LogP contribution >= 0.6 is 11.6 Å². The van der Waals surface area contributed by atoms with Gasteiger partial charge >= 0.3 is 0 Å². The smallest absolute Gasteiger partial charge is 0.273 e. The summed E-state index contributed by atoms with van der Waals surface area (Å²) in [6.07, 6.45) is 0. The number of hydrogen-bond donors (Lipinski definition) is 1. The van der Waals surface area contributed by atoms with E-state index in [0.29, 0.717) is 0 Å². The first-order chi connectivity index (χ1) is 7.91. The maximum Gasteiger partial charge on any atom is 0.277 e. The topological polar surface area (TPSA) is 38.3 Å². The molecule has 3 nitrogen and oxygen atoms in total. The summed E-state index contributed by atoms with van der Waals surface area (Å²) in [5.74, 6) is -2.40. The van der Waals surface area contributed by atoms with Crippen molar-refractivity contribution in [3.63, 3.8) is 0 Å². The van der Waals surface area contributed by atoms with E-state index in [4.69, 9.17) is 16.4 Å². The van der Waals surface area contributed by atoms with Crippen LogP contribution in [-0.2, 0) is 4.84 Å². The SMILES string of the molecule is CC(C)CONC(=O)c1cc(F)c(Cl)cc1F. The largest absolute Gasteiger partial charge is 0.277 e. The molecular weight excluding hydrogens is 252 g/mol. The molecule has 0 radical (unpaired) electrons. The number of benzene rings is 1. The highest BCUT2D eigenvalue weighted by atomic mass is 35.5. The molecule has 0 spiro atoms. The van der Waals surface area contributed by atoms with Gasteiger partial charge in [0.2, 0.25) is 0 Å². The molecule has 0 bridgehead atoms. The molecule has 0 heterocycles. The summed E-state index contributed by atoms with van der Waals surface area (Å²) in [7, 11) is 0. The Bertz CT molecular complexity index is 424. The lowest BCUT2D eigenvalue weighted by molar-refractivity contribution is 0.0205. The molecule has 1 aromatic rings. The van der Waals surface area contributed by atoms with Crippen molar-refractivity contribution in [2.45, 2.75) is 13.8 Å². The summed E-state index contributed by atoms with van der Waals surface area (Å²) in [4.78, 5) is 16.2. The first-order valence-electron chi connectivity index (χ1n) is 4.98. The van der Waals surface area contributed by atoms with Gasteiger partial charge in [-0.3, -0.25) is 9.63 Å². The lowest BCUT2D eigenvalue weighted by Crippen LogP contribution is -2.26. The highest BCUT2D eigenvalue weighted by Crippen LogP contribution is 2.19. The molecule has 6 heteroatoms. The predicted octanol–water partition coefficient (Wildman–Crippen LogP) is 2.94. The van der Waals surface area contributed by atoms with E-state index in [2.05, 4.69) is 0 Å². The summed E-state index contributed by atoms with van der Waals surface area (Å²) in [6.45, 7) is 4.05. The van der Waals surface area contributed by atoms with E-state index in [1.807, 2.05) is 19.3 Å². The molecule has 0 saturated carbocycles. The van der Waals surface area contributed by atoms with Gasteiger partial charge in [-0.15, -0.1) is 0 Å². The molecule has 0 aliphatic carbocycles. The Labute approximate surface area is 103 Å². The minimum atomic E-state index is -0.901. The number of rotatable bonds is 4. The third kappa shape index (κ3) is 3.94. The number of carbonyl (C=O) groups is 1. The van der Waals surface area contributed by atoms with Crippen LogP contribution in [0, 0.1) is 17.6 Å². The monoisotopic (exact) mass is 263 g/mol. The van der Waals surface area contributed by atoms with Crippen LogP contribution < -0.4 is 5.48 Å². The van der Waals surface area contributed by atoms with Crippen molar-refractivity contribution in [1.82, 2.24) is 5.48 Å². The van der Waals surface area contributed by atoms with E-state index in [9.17, 15) is 13.6 Å². The second-order valence-electron chi connectivity index (χ2n) is 3.88. The lowest BCUT2D eigenvalue weighted by atomic mass is 10.2. The fourth-order valence-electron chi connectivity index (χ4n) is 1.03. The van der Waals surface area contributed by atoms with Crippen LogP contribution in [0.4, 0.5) is 8.78 Å². The Morgan fingerprint density at radius 3 is 2.65 bits per heavy atom. The van der Waals surface area contributed by atoms with E-state index in [0.717, 1.165) is 12.1 Å². The van der Waals surface area contributed by atoms with Gasteiger partial charge in [0.15, 0.2) is 0 Å². The van der Waals surface area contributed by atoms with E-state index in [-0.39, 0.29) is 17.5 Å². The molecule has 0 atom stereocenters. The Kier molecular flexibility index (Phi) is 4.84. The van der Waals surface area contributed by atoms with Gasteiger partial charge in [0, 0.05) is 0 Å². The average Bonchev–Trinajstić information content (AvgIpc) is 2.22. The summed E-state index contributed by atoms with van der Waals surface area (Å²) in [5.41, 5.74) is 1.58. The predicted molar refractivity (Wildman–Crippen MR) is 59.6 cm³/mol. The van der Waals surface area contributed by atoms with Gasteiger partial charge < -0.3 is 0 Å². The molecule has 1 N–H and O–H groups in total. The Balaban J connectivity index is 2.72. The molecule has 0 saturated heterocycles. The fraction of sp³-hybridized carbons (Fsp3) is 0.364. The van der Waals surface area contributed by atoms with E-state index < -0.39 is 23.1 Å². The van der Waals surface area contributed by atoms with Crippen molar-refractivity contribution in [3.8, 4) is 0 Å².